The van der Waals surface area contributed by atoms with E-state index in [9.17, 15) is 18.0 Å². The van der Waals surface area contributed by atoms with Gasteiger partial charge in [0.1, 0.15) is 5.82 Å². The first-order valence-corrected chi connectivity index (χ1v) is 9.80. The molecule has 1 aliphatic heterocycles. The van der Waals surface area contributed by atoms with Crippen LogP contribution in [0.5, 0.6) is 0 Å². The molecule has 0 spiro atoms. The summed E-state index contributed by atoms with van der Waals surface area (Å²) < 4.78 is 46.1. The summed E-state index contributed by atoms with van der Waals surface area (Å²) in [6.45, 7) is 3.08. The van der Waals surface area contributed by atoms with E-state index in [1.165, 1.54) is 6.20 Å². The molecule has 1 amide bonds. The number of carbonyl (C=O) groups is 1. The Morgan fingerprint density at radius 2 is 2.11 bits per heavy atom. The number of amides is 1. The van der Waals surface area contributed by atoms with E-state index in [0.29, 0.717) is 36.2 Å². The molecule has 10 heteroatoms. The van der Waals surface area contributed by atoms with Crippen LogP contribution in [0.3, 0.4) is 0 Å². The number of ether oxygens (including phenoxy) is 1. The minimum absolute atomic E-state index is 0.0644. The number of aromatic nitrogens is 2. The molecule has 6 nitrogen and oxygen atoms in total. The molecular weight excluding hydrogens is 393 g/mol. The van der Waals surface area contributed by atoms with Gasteiger partial charge in [0.05, 0.1) is 35.4 Å². The predicted molar refractivity (Wildman–Crippen MR) is 98.4 cm³/mol. The third-order valence-electron chi connectivity index (χ3n) is 4.69. The topological polar surface area (TPSA) is 76.1 Å². The number of pyridine rings is 1. The van der Waals surface area contributed by atoms with Crippen LogP contribution in [-0.2, 0) is 10.9 Å². The zero-order chi connectivity index (χ0) is 19.9. The summed E-state index contributed by atoms with van der Waals surface area (Å²) in [6.07, 6.45) is -1.15. The molecule has 2 aliphatic rings. The standard InChI is InChI=1S/C18H19F3N4O2S/c1-9-15(28-17(24-9)16(26)25-11-7-27-8-11)12-6-23-14(22-5-10-2-3-10)4-13(12)18(19,20)21/h4,6,10-11H,2-3,5,7-8H2,1H3,(H,22,23)(H,25,26). The molecule has 0 bridgehead atoms. The maximum atomic E-state index is 13.7. The Hall–Kier alpha value is -2.20. The van der Waals surface area contributed by atoms with Gasteiger partial charge in [-0.3, -0.25) is 4.79 Å². The number of halogens is 3. The van der Waals surface area contributed by atoms with Gasteiger partial charge in [0, 0.05) is 18.3 Å². The molecule has 150 valence electrons. The van der Waals surface area contributed by atoms with Crippen molar-refractivity contribution < 1.29 is 22.7 Å². The summed E-state index contributed by atoms with van der Waals surface area (Å²) in [7, 11) is 0. The van der Waals surface area contributed by atoms with Crippen LogP contribution in [0.2, 0.25) is 0 Å². The van der Waals surface area contributed by atoms with Crippen molar-refractivity contribution in [2.24, 2.45) is 5.92 Å². The number of hydrogen-bond donors (Lipinski definition) is 2. The van der Waals surface area contributed by atoms with Crippen molar-refractivity contribution in [1.82, 2.24) is 15.3 Å². The molecule has 4 rings (SSSR count). The van der Waals surface area contributed by atoms with Crippen LogP contribution in [0.4, 0.5) is 19.0 Å². The highest BCUT2D eigenvalue weighted by atomic mass is 32.1. The van der Waals surface area contributed by atoms with Crippen molar-refractivity contribution in [3.05, 3.63) is 28.5 Å². The second-order valence-electron chi connectivity index (χ2n) is 7.08. The number of alkyl halides is 3. The van der Waals surface area contributed by atoms with Crippen LogP contribution in [0, 0.1) is 12.8 Å². The molecule has 1 saturated carbocycles. The number of anilines is 1. The molecule has 28 heavy (non-hydrogen) atoms. The molecule has 2 N–H and O–H groups in total. The molecular formula is C18H19F3N4O2S. The summed E-state index contributed by atoms with van der Waals surface area (Å²) in [5.41, 5.74) is -0.483. The van der Waals surface area contributed by atoms with Crippen LogP contribution in [0.1, 0.15) is 33.9 Å². The lowest BCUT2D eigenvalue weighted by molar-refractivity contribution is -0.137. The number of thiazole rings is 1. The third-order valence-corrected chi connectivity index (χ3v) is 5.88. The van der Waals surface area contributed by atoms with Gasteiger partial charge in [0.2, 0.25) is 0 Å². The van der Waals surface area contributed by atoms with Crippen LogP contribution < -0.4 is 10.6 Å². The third kappa shape index (κ3) is 4.12. The zero-order valence-electron chi connectivity index (χ0n) is 15.1. The first kappa shape index (κ1) is 19.1. The maximum absolute atomic E-state index is 13.7. The Kier molecular flexibility index (Phi) is 5.00. The normalized spacial score (nSPS) is 17.3. The number of hydrogen-bond acceptors (Lipinski definition) is 6. The Morgan fingerprint density at radius 1 is 1.36 bits per heavy atom. The molecule has 1 aliphatic carbocycles. The van der Waals surface area contributed by atoms with Crippen molar-refractivity contribution in [3.63, 3.8) is 0 Å². The lowest BCUT2D eigenvalue weighted by atomic mass is 10.1. The summed E-state index contributed by atoms with van der Waals surface area (Å²) in [6, 6.07) is 0.951. The van der Waals surface area contributed by atoms with Crippen molar-refractivity contribution in [1.29, 1.82) is 0 Å². The Morgan fingerprint density at radius 3 is 2.71 bits per heavy atom. The van der Waals surface area contributed by atoms with Crippen molar-refractivity contribution >= 4 is 23.1 Å². The first-order chi connectivity index (χ1) is 13.3. The fourth-order valence-corrected chi connectivity index (χ4v) is 3.84. The Labute approximate surface area is 163 Å². The van der Waals surface area contributed by atoms with Crippen LogP contribution in [0.25, 0.3) is 10.4 Å². The van der Waals surface area contributed by atoms with E-state index in [0.717, 1.165) is 30.2 Å². The number of aryl methyl sites for hydroxylation is 1. The number of nitrogens with one attached hydrogen (secondary N) is 2. The highest BCUT2D eigenvalue weighted by molar-refractivity contribution is 7.17. The molecule has 0 unspecified atom stereocenters. The first-order valence-electron chi connectivity index (χ1n) is 8.99. The van der Waals surface area contributed by atoms with Gasteiger partial charge in [-0.2, -0.15) is 13.2 Å². The van der Waals surface area contributed by atoms with Crippen molar-refractivity contribution in [3.8, 4) is 10.4 Å². The fraction of sp³-hybridized carbons (Fsp3) is 0.500. The van der Waals surface area contributed by atoms with E-state index >= 15 is 0 Å². The average Bonchev–Trinajstić information content (AvgIpc) is 3.36. The quantitative estimate of drug-likeness (QED) is 0.760. The predicted octanol–water partition coefficient (Wildman–Crippen LogP) is 3.48. The Bertz CT molecular complexity index is 891. The van der Waals surface area contributed by atoms with Crippen LogP contribution >= 0.6 is 11.3 Å². The minimum atomic E-state index is -4.55. The fourth-order valence-electron chi connectivity index (χ4n) is 2.85. The van der Waals surface area contributed by atoms with Crippen LogP contribution in [-0.4, -0.2) is 41.7 Å². The lowest BCUT2D eigenvalue weighted by Crippen LogP contribution is -2.48. The van der Waals surface area contributed by atoms with Gasteiger partial charge in [-0.25, -0.2) is 9.97 Å². The monoisotopic (exact) mass is 412 g/mol. The SMILES string of the molecule is Cc1nc(C(=O)NC2COC2)sc1-c1cnc(NCC2CC2)cc1C(F)(F)F. The molecule has 0 radical (unpaired) electrons. The van der Waals surface area contributed by atoms with E-state index < -0.39 is 17.6 Å². The molecule has 0 atom stereocenters. The second-order valence-corrected chi connectivity index (χ2v) is 8.08. The highest BCUT2D eigenvalue weighted by Crippen LogP contribution is 2.41. The smallest absolute Gasteiger partial charge is 0.377 e. The van der Waals surface area contributed by atoms with E-state index in [1.54, 1.807) is 6.92 Å². The van der Waals surface area contributed by atoms with Crippen LogP contribution in [0.15, 0.2) is 12.3 Å². The molecule has 2 aromatic rings. The molecule has 0 aromatic carbocycles. The zero-order valence-corrected chi connectivity index (χ0v) is 15.9. The lowest BCUT2D eigenvalue weighted by Gasteiger charge is -2.26. The Balaban J connectivity index is 1.62. The van der Waals surface area contributed by atoms with Gasteiger partial charge in [0.25, 0.3) is 5.91 Å². The van der Waals surface area contributed by atoms with E-state index in [-0.39, 0.29) is 22.4 Å². The highest BCUT2D eigenvalue weighted by Gasteiger charge is 2.36. The molecule has 2 aromatic heterocycles. The van der Waals surface area contributed by atoms with E-state index in [1.807, 2.05) is 0 Å². The molecule has 3 heterocycles. The van der Waals surface area contributed by atoms with Gasteiger partial charge < -0.3 is 15.4 Å². The van der Waals surface area contributed by atoms with Gasteiger partial charge >= 0.3 is 6.18 Å². The molecule has 2 fully saturated rings. The maximum Gasteiger partial charge on any atom is 0.417 e. The molecule has 1 saturated heterocycles. The number of rotatable bonds is 6. The number of nitrogens with zero attached hydrogens (tertiary/aromatic N) is 2. The van der Waals surface area contributed by atoms with E-state index in [2.05, 4.69) is 20.6 Å². The summed E-state index contributed by atoms with van der Waals surface area (Å²) in [5.74, 6) is 0.312. The minimum Gasteiger partial charge on any atom is -0.377 e. The van der Waals surface area contributed by atoms with E-state index in [4.69, 9.17) is 4.74 Å². The average molecular weight is 412 g/mol. The largest absolute Gasteiger partial charge is 0.417 e. The summed E-state index contributed by atoms with van der Waals surface area (Å²) in [4.78, 5) is 20.9. The van der Waals surface area contributed by atoms with Gasteiger partial charge in [0.15, 0.2) is 5.01 Å². The van der Waals surface area contributed by atoms with Gasteiger partial charge in [-0.1, -0.05) is 0 Å². The van der Waals surface area contributed by atoms with Gasteiger partial charge in [-0.15, -0.1) is 11.3 Å². The van der Waals surface area contributed by atoms with Crippen molar-refractivity contribution in [2.75, 3.05) is 25.1 Å². The summed E-state index contributed by atoms with van der Waals surface area (Å²) in [5, 5.41) is 5.85. The van der Waals surface area contributed by atoms with Gasteiger partial charge in [-0.05, 0) is 31.7 Å². The summed E-state index contributed by atoms with van der Waals surface area (Å²) >= 11 is 0.937. The second kappa shape index (κ2) is 7.32. The van der Waals surface area contributed by atoms with Crippen molar-refractivity contribution in [2.45, 2.75) is 32.0 Å². The number of carbonyl (C=O) groups excluding carboxylic acids is 1.